The Kier molecular flexibility index (Phi) is 7.44. The monoisotopic (exact) mass is 465 g/mol. The maximum atomic E-state index is 11.7. The number of aromatic nitrogens is 1. The van der Waals surface area contributed by atoms with Gasteiger partial charge in [-0.1, -0.05) is 13.0 Å². The molecule has 0 bridgehead atoms. The van der Waals surface area contributed by atoms with Crippen LogP contribution < -0.4 is 9.47 Å². The molecule has 0 radical (unpaired) electrons. The zero-order valence-electron chi connectivity index (χ0n) is 19.2. The summed E-state index contributed by atoms with van der Waals surface area (Å²) in [5, 5.41) is 0. The highest BCUT2D eigenvalue weighted by Crippen LogP contribution is 2.37. The van der Waals surface area contributed by atoms with Crippen molar-refractivity contribution < 1.29 is 31.5 Å². The molecule has 2 aromatic rings. The van der Waals surface area contributed by atoms with Crippen LogP contribution in [0.25, 0.3) is 11.1 Å². The number of methoxy groups -OCH3 is 1. The Balaban J connectivity index is 1.98. The van der Waals surface area contributed by atoms with Crippen LogP contribution in [0.1, 0.15) is 32.8 Å². The summed E-state index contributed by atoms with van der Waals surface area (Å²) in [6.45, 7) is 6.60. The molecule has 32 heavy (non-hydrogen) atoms. The number of benzene rings is 1. The summed E-state index contributed by atoms with van der Waals surface area (Å²) >= 11 is 0. The summed E-state index contributed by atoms with van der Waals surface area (Å²) in [6, 6.07) is 7.64. The molecule has 3 rings (SSSR count). The van der Waals surface area contributed by atoms with Gasteiger partial charge in [-0.3, -0.25) is 9.17 Å². The molecule has 176 valence electrons. The third kappa shape index (κ3) is 5.98. The van der Waals surface area contributed by atoms with E-state index in [9.17, 15) is 8.42 Å². The van der Waals surface area contributed by atoms with E-state index in [0.717, 1.165) is 29.4 Å². The smallest absolute Gasteiger partial charge is 0.264 e. The first-order valence-corrected chi connectivity index (χ1v) is 12.3. The highest BCUT2D eigenvalue weighted by atomic mass is 32.2. The van der Waals surface area contributed by atoms with Crippen molar-refractivity contribution >= 4 is 10.1 Å². The molecule has 1 saturated heterocycles. The molecule has 0 N–H and O–H groups in total. The summed E-state index contributed by atoms with van der Waals surface area (Å²) in [4.78, 5) is 4.41. The normalized spacial score (nSPS) is 17.7. The quantitative estimate of drug-likeness (QED) is 0.519. The SMILES string of the molecule is CCCOc1cc(-c2cncc(C3(COS(C)(=O)=O)COC(C)(C)OC3)c2)ccc1OC. The van der Waals surface area contributed by atoms with Crippen LogP contribution in [0, 0.1) is 0 Å². The van der Waals surface area contributed by atoms with Gasteiger partial charge in [0.2, 0.25) is 0 Å². The number of hydrogen-bond acceptors (Lipinski definition) is 8. The zero-order valence-corrected chi connectivity index (χ0v) is 20.0. The van der Waals surface area contributed by atoms with Crippen molar-refractivity contribution in [1.29, 1.82) is 0 Å². The lowest BCUT2D eigenvalue weighted by atomic mass is 9.82. The molecule has 1 aliphatic heterocycles. The minimum absolute atomic E-state index is 0.111. The van der Waals surface area contributed by atoms with Gasteiger partial charge in [-0.25, -0.2) is 0 Å². The van der Waals surface area contributed by atoms with E-state index in [-0.39, 0.29) is 19.8 Å². The van der Waals surface area contributed by atoms with E-state index >= 15 is 0 Å². The number of pyridine rings is 1. The van der Waals surface area contributed by atoms with E-state index in [4.69, 9.17) is 23.1 Å². The van der Waals surface area contributed by atoms with E-state index in [1.165, 1.54) is 0 Å². The third-order valence-corrected chi connectivity index (χ3v) is 5.80. The first-order valence-electron chi connectivity index (χ1n) is 10.5. The molecule has 1 aliphatic rings. The summed E-state index contributed by atoms with van der Waals surface area (Å²) in [5.74, 6) is 0.542. The molecule has 1 aromatic carbocycles. The standard InChI is InChI=1S/C23H31NO7S/c1-6-9-28-21-11-17(7-8-20(21)27-4)18-10-19(13-24-12-18)23(16-31-32(5,25)26)14-29-22(2,3)30-15-23/h7-8,10-13H,6,9,14-16H2,1-5H3. The van der Waals surface area contributed by atoms with Crippen molar-refractivity contribution in [2.45, 2.75) is 38.4 Å². The predicted octanol–water partition coefficient (Wildman–Crippen LogP) is 3.54. The third-order valence-electron chi connectivity index (χ3n) is 5.25. The van der Waals surface area contributed by atoms with Crippen molar-refractivity contribution in [3.63, 3.8) is 0 Å². The van der Waals surface area contributed by atoms with Crippen LogP contribution in [0.4, 0.5) is 0 Å². The van der Waals surface area contributed by atoms with Crippen LogP contribution in [0.3, 0.4) is 0 Å². The van der Waals surface area contributed by atoms with Gasteiger partial charge in [-0.05, 0) is 49.6 Å². The lowest BCUT2D eigenvalue weighted by molar-refractivity contribution is -0.272. The average Bonchev–Trinajstić information content (AvgIpc) is 2.76. The Morgan fingerprint density at radius 1 is 1.06 bits per heavy atom. The number of rotatable bonds is 9. The topological polar surface area (TPSA) is 93.2 Å². The van der Waals surface area contributed by atoms with Gasteiger partial charge < -0.3 is 18.9 Å². The van der Waals surface area contributed by atoms with Gasteiger partial charge in [0.1, 0.15) is 0 Å². The van der Waals surface area contributed by atoms with Gasteiger partial charge in [0.05, 0.1) is 45.2 Å². The summed E-state index contributed by atoms with van der Waals surface area (Å²) < 4.78 is 51.6. The van der Waals surface area contributed by atoms with Gasteiger partial charge in [0, 0.05) is 18.0 Å². The van der Waals surface area contributed by atoms with E-state index in [1.807, 2.05) is 45.0 Å². The maximum absolute atomic E-state index is 11.7. The van der Waals surface area contributed by atoms with Crippen LogP contribution in [0.2, 0.25) is 0 Å². The fourth-order valence-corrected chi connectivity index (χ4v) is 3.77. The van der Waals surface area contributed by atoms with Crippen LogP contribution >= 0.6 is 0 Å². The molecule has 1 aromatic heterocycles. The number of nitrogens with zero attached hydrogens (tertiary/aromatic N) is 1. The molecular formula is C23H31NO7S. The lowest BCUT2D eigenvalue weighted by Crippen LogP contribution is -2.52. The minimum Gasteiger partial charge on any atom is -0.493 e. The number of hydrogen-bond donors (Lipinski definition) is 0. The molecule has 8 nitrogen and oxygen atoms in total. The average molecular weight is 466 g/mol. The molecule has 0 atom stereocenters. The molecule has 9 heteroatoms. The van der Waals surface area contributed by atoms with E-state index < -0.39 is 21.3 Å². The van der Waals surface area contributed by atoms with E-state index in [2.05, 4.69) is 4.98 Å². The molecule has 0 spiro atoms. The highest BCUT2D eigenvalue weighted by Gasteiger charge is 2.43. The van der Waals surface area contributed by atoms with Gasteiger partial charge in [0.15, 0.2) is 17.3 Å². The van der Waals surface area contributed by atoms with Crippen molar-refractivity contribution in [1.82, 2.24) is 4.98 Å². The molecule has 2 heterocycles. The minimum atomic E-state index is -3.64. The predicted molar refractivity (Wildman–Crippen MR) is 120 cm³/mol. The molecule has 1 fully saturated rings. The first-order chi connectivity index (χ1) is 15.1. The van der Waals surface area contributed by atoms with E-state index in [0.29, 0.717) is 18.1 Å². The Bertz CT molecular complexity index is 1030. The van der Waals surface area contributed by atoms with E-state index in [1.54, 1.807) is 19.5 Å². The molecule has 0 aliphatic carbocycles. The van der Waals surface area contributed by atoms with Crippen LogP contribution in [-0.2, 0) is 29.2 Å². The Morgan fingerprint density at radius 3 is 2.41 bits per heavy atom. The van der Waals surface area contributed by atoms with Gasteiger partial charge >= 0.3 is 0 Å². The molecule has 0 amide bonds. The highest BCUT2D eigenvalue weighted by molar-refractivity contribution is 7.85. The maximum Gasteiger partial charge on any atom is 0.264 e. The number of ether oxygens (including phenoxy) is 4. The Morgan fingerprint density at radius 2 is 1.78 bits per heavy atom. The Hall–Kier alpha value is -2.20. The van der Waals surface area contributed by atoms with Crippen molar-refractivity contribution in [2.24, 2.45) is 0 Å². The first kappa shape index (κ1) is 24.4. The second kappa shape index (κ2) is 9.74. The van der Waals surface area contributed by atoms with Crippen LogP contribution in [-0.4, -0.2) is 59.0 Å². The second-order valence-corrected chi connectivity index (χ2v) is 10.0. The largest absolute Gasteiger partial charge is 0.493 e. The van der Waals surface area contributed by atoms with Crippen LogP contribution in [0.15, 0.2) is 36.7 Å². The molecular weight excluding hydrogens is 434 g/mol. The lowest BCUT2D eigenvalue weighted by Gasteiger charge is -2.43. The molecule has 0 saturated carbocycles. The fourth-order valence-electron chi connectivity index (χ4n) is 3.33. The van der Waals surface area contributed by atoms with Gasteiger partial charge in [-0.2, -0.15) is 8.42 Å². The van der Waals surface area contributed by atoms with Crippen molar-refractivity contribution in [2.75, 3.05) is 39.8 Å². The van der Waals surface area contributed by atoms with Crippen LogP contribution in [0.5, 0.6) is 11.5 Å². The summed E-state index contributed by atoms with van der Waals surface area (Å²) in [7, 11) is -2.04. The summed E-state index contributed by atoms with van der Waals surface area (Å²) in [6.07, 6.45) is 5.34. The second-order valence-electron chi connectivity index (χ2n) is 8.40. The fraction of sp³-hybridized carbons (Fsp3) is 0.522. The summed E-state index contributed by atoms with van der Waals surface area (Å²) in [5.41, 5.74) is 1.68. The van der Waals surface area contributed by atoms with Gasteiger partial charge in [-0.15, -0.1) is 0 Å². The van der Waals surface area contributed by atoms with Crippen molar-refractivity contribution in [3.8, 4) is 22.6 Å². The van der Waals surface area contributed by atoms with Gasteiger partial charge in [0.25, 0.3) is 10.1 Å². The molecule has 0 unspecified atom stereocenters. The zero-order chi connectivity index (χ0) is 23.4. The van der Waals surface area contributed by atoms with Crippen molar-refractivity contribution in [3.05, 3.63) is 42.2 Å². The Labute approximate surface area is 189 Å².